The third-order valence-corrected chi connectivity index (χ3v) is 8.66. The van der Waals surface area contributed by atoms with E-state index in [1.54, 1.807) is 6.08 Å². The first kappa shape index (κ1) is 48.1. The number of ether oxygens (including phenoxy) is 2. The molecule has 9 nitrogen and oxygen atoms in total. The van der Waals surface area contributed by atoms with E-state index in [-0.39, 0.29) is 12.5 Å². The number of unbranched alkanes of at least 4 members (excludes halogenated alkanes) is 6. The number of amides is 1. The Bertz CT molecular complexity index is 1140. The van der Waals surface area contributed by atoms with E-state index in [2.05, 4.69) is 104 Å². The van der Waals surface area contributed by atoms with Gasteiger partial charge >= 0.3 is 0 Å². The van der Waals surface area contributed by atoms with Crippen LogP contribution >= 0.6 is 0 Å². The second-order valence-corrected chi connectivity index (χ2v) is 13.3. The number of rotatable bonds is 30. The van der Waals surface area contributed by atoms with Gasteiger partial charge in [0.1, 0.15) is 24.4 Å². The molecule has 1 heterocycles. The van der Waals surface area contributed by atoms with Gasteiger partial charge in [0.25, 0.3) is 0 Å². The normalized spacial score (nSPS) is 22.7. The van der Waals surface area contributed by atoms with Crippen molar-refractivity contribution in [2.45, 2.75) is 159 Å². The highest BCUT2D eigenvalue weighted by Crippen LogP contribution is 2.22. The van der Waals surface area contributed by atoms with Crippen molar-refractivity contribution in [2.75, 3.05) is 13.2 Å². The first-order chi connectivity index (χ1) is 25.8. The second-order valence-electron chi connectivity index (χ2n) is 13.3. The first-order valence-electron chi connectivity index (χ1n) is 20.0. The van der Waals surface area contributed by atoms with Crippen molar-refractivity contribution in [3.05, 3.63) is 97.2 Å². The lowest BCUT2D eigenvalue weighted by Crippen LogP contribution is -2.60. The quantitative estimate of drug-likeness (QED) is 0.0330. The Morgan fingerprint density at radius 3 is 1.70 bits per heavy atom. The molecule has 0 radical (unpaired) electrons. The van der Waals surface area contributed by atoms with Gasteiger partial charge < -0.3 is 40.3 Å². The van der Waals surface area contributed by atoms with Crippen LogP contribution in [0.4, 0.5) is 0 Å². The lowest BCUT2D eigenvalue weighted by atomic mass is 9.99. The molecular weight excluding hydrogens is 670 g/mol. The third-order valence-electron chi connectivity index (χ3n) is 8.66. The van der Waals surface area contributed by atoms with Gasteiger partial charge in [-0.15, -0.1) is 0 Å². The summed E-state index contributed by atoms with van der Waals surface area (Å²) in [6.45, 7) is 3.48. The van der Waals surface area contributed by atoms with Crippen LogP contribution in [0.2, 0.25) is 0 Å². The predicted octanol–water partition coefficient (Wildman–Crippen LogP) is 7.38. The van der Waals surface area contributed by atoms with Gasteiger partial charge in [-0.2, -0.15) is 0 Å². The molecule has 7 unspecified atom stereocenters. The van der Waals surface area contributed by atoms with Crippen LogP contribution in [0.15, 0.2) is 97.2 Å². The minimum Gasteiger partial charge on any atom is -0.394 e. The minimum absolute atomic E-state index is 0.212. The Morgan fingerprint density at radius 1 is 0.660 bits per heavy atom. The fourth-order valence-electron chi connectivity index (χ4n) is 5.43. The topological polar surface area (TPSA) is 149 Å². The van der Waals surface area contributed by atoms with Gasteiger partial charge in [-0.3, -0.25) is 4.79 Å². The molecule has 1 aliphatic rings. The van der Waals surface area contributed by atoms with E-state index in [9.17, 15) is 30.3 Å². The molecule has 0 aromatic heterocycles. The summed E-state index contributed by atoms with van der Waals surface area (Å²) in [7, 11) is 0. The maximum absolute atomic E-state index is 12.8. The number of hydrogen-bond acceptors (Lipinski definition) is 8. The third kappa shape index (κ3) is 24.9. The zero-order valence-corrected chi connectivity index (χ0v) is 32.5. The largest absolute Gasteiger partial charge is 0.394 e. The Morgan fingerprint density at radius 2 is 1.17 bits per heavy atom. The van der Waals surface area contributed by atoms with E-state index < -0.39 is 49.5 Å². The molecule has 9 heteroatoms. The molecule has 7 atom stereocenters. The van der Waals surface area contributed by atoms with Crippen LogP contribution in [0.25, 0.3) is 0 Å². The minimum atomic E-state index is -1.58. The molecule has 0 aromatic rings. The van der Waals surface area contributed by atoms with Gasteiger partial charge in [-0.05, 0) is 77.0 Å². The lowest BCUT2D eigenvalue weighted by Gasteiger charge is -2.40. The average molecular weight is 742 g/mol. The van der Waals surface area contributed by atoms with Crippen molar-refractivity contribution >= 4 is 5.91 Å². The molecule has 0 saturated carbocycles. The highest BCUT2D eigenvalue weighted by molar-refractivity contribution is 5.76. The first-order valence-corrected chi connectivity index (χ1v) is 20.0. The van der Waals surface area contributed by atoms with Crippen molar-refractivity contribution in [2.24, 2.45) is 0 Å². The van der Waals surface area contributed by atoms with Gasteiger partial charge in [0.2, 0.25) is 5.91 Å². The zero-order valence-electron chi connectivity index (χ0n) is 32.5. The maximum atomic E-state index is 12.8. The van der Waals surface area contributed by atoms with Crippen molar-refractivity contribution in [1.29, 1.82) is 0 Å². The molecule has 1 aliphatic heterocycles. The monoisotopic (exact) mass is 742 g/mol. The molecule has 1 rings (SSSR count). The Labute approximate surface area is 320 Å². The fourth-order valence-corrected chi connectivity index (χ4v) is 5.43. The average Bonchev–Trinajstić information content (AvgIpc) is 3.16. The van der Waals surface area contributed by atoms with Crippen LogP contribution in [-0.2, 0) is 14.3 Å². The number of hydrogen-bond donors (Lipinski definition) is 6. The number of carbonyl (C=O) groups is 1. The van der Waals surface area contributed by atoms with Gasteiger partial charge in [0.15, 0.2) is 6.29 Å². The number of allylic oxidation sites excluding steroid dienone is 15. The van der Waals surface area contributed by atoms with Crippen molar-refractivity contribution in [1.82, 2.24) is 5.32 Å². The van der Waals surface area contributed by atoms with Crippen molar-refractivity contribution in [3.63, 3.8) is 0 Å². The van der Waals surface area contributed by atoms with Crippen molar-refractivity contribution < 1.29 is 39.8 Å². The number of carbonyl (C=O) groups excluding carboxylic acids is 1. The van der Waals surface area contributed by atoms with Crippen LogP contribution in [0.5, 0.6) is 0 Å². The molecule has 53 heavy (non-hydrogen) atoms. The van der Waals surface area contributed by atoms with E-state index >= 15 is 0 Å². The van der Waals surface area contributed by atoms with Crippen molar-refractivity contribution in [3.8, 4) is 0 Å². The van der Waals surface area contributed by atoms with E-state index in [0.717, 1.165) is 89.9 Å². The van der Waals surface area contributed by atoms with Gasteiger partial charge in [0.05, 0.1) is 25.4 Å². The van der Waals surface area contributed by atoms with Gasteiger partial charge in [-0.25, -0.2) is 0 Å². The van der Waals surface area contributed by atoms with E-state index in [4.69, 9.17) is 9.47 Å². The van der Waals surface area contributed by atoms with Crippen LogP contribution in [0, 0.1) is 0 Å². The fraction of sp³-hybridized carbons (Fsp3) is 0.614. The summed E-state index contributed by atoms with van der Waals surface area (Å²) in [4.78, 5) is 12.8. The summed E-state index contributed by atoms with van der Waals surface area (Å²) < 4.78 is 11.1. The highest BCUT2D eigenvalue weighted by atomic mass is 16.7. The molecule has 1 fully saturated rings. The molecule has 1 amide bonds. The smallest absolute Gasteiger partial charge is 0.220 e. The van der Waals surface area contributed by atoms with Gasteiger partial charge in [0, 0.05) is 6.42 Å². The standard InChI is InChI=1S/C44H71NO8/c1-3-5-7-9-10-11-12-13-14-15-16-17-18-19-20-21-22-23-24-25-26-27-28-30-32-34-40(48)45-37(38(47)33-31-29-8-6-4-2)36-52-44-43(51)42(50)41(49)39(35-46)53-44/h5,7,10-11,13-14,16-17,19-20,22-23,25-26,31,33,37-39,41-44,46-47,49-51H,3-4,6,8-9,12,15,18,21,24,27-30,32,34-36H2,1-2H3,(H,45,48)/b7-5-,11-10-,14-13-,17-16-,20-19-,23-22-,26-25-,33-31+. The summed E-state index contributed by atoms with van der Waals surface area (Å²) in [5.74, 6) is -0.223. The zero-order chi connectivity index (χ0) is 38.8. The summed E-state index contributed by atoms with van der Waals surface area (Å²) in [5, 5.41) is 53.5. The van der Waals surface area contributed by atoms with E-state index in [1.165, 1.54) is 0 Å². The summed E-state index contributed by atoms with van der Waals surface area (Å²) in [5.41, 5.74) is 0. The number of aliphatic hydroxyl groups is 5. The summed E-state index contributed by atoms with van der Waals surface area (Å²) in [6.07, 6.45) is 40.7. The molecule has 1 saturated heterocycles. The second kappa shape index (κ2) is 33.7. The SMILES string of the molecule is CC/C=C\C/C=C\C/C=C\C/C=C\C/C=C\C/C=C\C/C=C\CCCCCC(=O)NC(COC1OC(CO)C(O)C(O)C1O)C(O)/C=C/CCCCC. The molecule has 0 bridgehead atoms. The molecule has 0 spiro atoms. The van der Waals surface area contributed by atoms with Crippen LogP contribution in [0.3, 0.4) is 0 Å². The molecule has 0 aromatic carbocycles. The molecule has 6 N–H and O–H groups in total. The Kier molecular flexibility index (Phi) is 30.6. The number of aliphatic hydroxyl groups excluding tert-OH is 5. The maximum Gasteiger partial charge on any atom is 0.220 e. The van der Waals surface area contributed by atoms with Crippen LogP contribution in [0.1, 0.15) is 117 Å². The molecule has 300 valence electrons. The predicted molar refractivity (Wildman–Crippen MR) is 216 cm³/mol. The Hall–Kier alpha value is -2.89. The highest BCUT2D eigenvalue weighted by Gasteiger charge is 2.44. The van der Waals surface area contributed by atoms with E-state index in [0.29, 0.717) is 12.8 Å². The number of nitrogens with one attached hydrogen (secondary N) is 1. The van der Waals surface area contributed by atoms with E-state index in [1.807, 2.05) is 6.08 Å². The van der Waals surface area contributed by atoms with Crippen LogP contribution < -0.4 is 5.32 Å². The van der Waals surface area contributed by atoms with Gasteiger partial charge in [-0.1, -0.05) is 130 Å². The lowest BCUT2D eigenvalue weighted by molar-refractivity contribution is -0.302. The molecular formula is C44H71NO8. The summed E-state index contributed by atoms with van der Waals surface area (Å²) >= 11 is 0. The van der Waals surface area contributed by atoms with Crippen LogP contribution in [-0.4, -0.2) is 87.5 Å². The molecule has 0 aliphatic carbocycles. The summed E-state index contributed by atoms with van der Waals surface area (Å²) in [6, 6.07) is -0.825. The Balaban J connectivity index is 2.29.